The number of nitrogens with one attached hydrogen (secondary N) is 1. The third-order valence-corrected chi connectivity index (χ3v) is 5.69. The average molecular weight is 432 g/mol. The van der Waals surface area contributed by atoms with Gasteiger partial charge in [0.2, 0.25) is 0 Å². The number of furan rings is 1. The molecule has 3 rings (SSSR count). The molecule has 0 saturated carbocycles. The summed E-state index contributed by atoms with van der Waals surface area (Å²) in [5.74, 6) is -0.0666. The number of benzene rings is 2. The average Bonchev–Trinajstić information content (AvgIpc) is 3.05. The smallest absolute Gasteiger partial charge is 0.342 e. The zero-order valence-electron chi connectivity index (χ0n) is 16.4. The summed E-state index contributed by atoms with van der Waals surface area (Å²) in [7, 11) is -4.09. The second kappa shape index (κ2) is 8.54. The number of ether oxygens (including phenoxy) is 1. The molecule has 0 radical (unpaired) electrons. The maximum absolute atomic E-state index is 12.7. The minimum Gasteiger partial charge on any atom is -0.462 e. The largest absolute Gasteiger partial charge is 0.462 e. The number of fused-ring (bicyclic) bond motifs is 1. The normalized spacial score (nSPS) is 11.4. The predicted molar refractivity (Wildman–Crippen MR) is 110 cm³/mol. The summed E-state index contributed by atoms with van der Waals surface area (Å²) >= 11 is 0. The molecular weight excluding hydrogens is 412 g/mol. The van der Waals surface area contributed by atoms with Crippen molar-refractivity contribution < 1.29 is 27.3 Å². The zero-order valence-corrected chi connectivity index (χ0v) is 17.2. The number of aryl methyl sites for hydroxylation is 1. The summed E-state index contributed by atoms with van der Waals surface area (Å²) in [4.78, 5) is 22.5. The van der Waals surface area contributed by atoms with E-state index >= 15 is 0 Å². The first kappa shape index (κ1) is 21.3. The van der Waals surface area contributed by atoms with Crippen molar-refractivity contribution in [2.24, 2.45) is 0 Å². The predicted octanol–water partition coefficient (Wildman–Crippen LogP) is 4.27. The molecule has 0 fully saturated rings. The summed E-state index contributed by atoms with van der Waals surface area (Å²) in [6.07, 6.45) is 1.27. The van der Waals surface area contributed by atoms with Crippen molar-refractivity contribution in [1.82, 2.24) is 0 Å². The lowest BCUT2D eigenvalue weighted by molar-refractivity contribution is -0.385. The van der Waals surface area contributed by atoms with E-state index in [-0.39, 0.29) is 28.4 Å². The van der Waals surface area contributed by atoms with Gasteiger partial charge in [-0.3, -0.25) is 14.8 Å². The Hall–Kier alpha value is -3.40. The minimum absolute atomic E-state index is 0.184. The molecule has 0 unspecified atom stereocenters. The molecule has 2 aromatic carbocycles. The maximum atomic E-state index is 12.7. The number of hydrogen-bond acceptors (Lipinski definition) is 7. The van der Waals surface area contributed by atoms with E-state index in [9.17, 15) is 23.3 Å². The number of nitro groups is 1. The van der Waals surface area contributed by atoms with Gasteiger partial charge in [0.05, 0.1) is 16.4 Å². The molecule has 3 aromatic rings. The molecule has 0 spiro atoms. The molecule has 0 saturated heterocycles. The number of nitrogens with zero attached hydrogens (tertiary/aromatic N) is 1. The van der Waals surface area contributed by atoms with Crippen molar-refractivity contribution in [2.45, 2.75) is 31.6 Å². The summed E-state index contributed by atoms with van der Waals surface area (Å²) in [5, 5.41) is 11.4. The zero-order chi connectivity index (χ0) is 21.9. The molecule has 10 heteroatoms. The van der Waals surface area contributed by atoms with Crippen LogP contribution in [0.25, 0.3) is 11.0 Å². The van der Waals surface area contributed by atoms with Crippen LogP contribution in [0.3, 0.4) is 0 Å². The second-order valence-corrected chi connectivity index (χ2v) is 8.12. The van der Waals surface area contributed by atoms with Crippen LogP contribution >= 0.6 is 0 Å². The van der Waals surface area contributed by atoms with Gasteiger partial charge in [0.1, 0.15) is 16.9 Å². The fourth-order valence-electron chi connectivity index (χ4n) is 3.02. The van der Waals surface area contributed by atoms with Crippen molar-refractivity contribution >= 4 is 38.3 Å². The number of nitro benzene ring substituents is 1. The first-order valence-corrected chi connectivity index (χ1v) is 10.7. The van der Waals surface area contributed by atoms with Gasteiger partial charge in [0, 0.05) is 29.6 Å². The molecular formula is C20H20N2O7S. The van der Waals surface area contributed by atoms with Gasteiger partial charge in [-0.15, -0.1) is 0 Å². The number of carbonyl (C=O) groups excluding carboxylic acids is 1. The maximum Gasteiger partial charge on any atom is 0.342 e. The minimum atomic E-state index is -4.09. The number of hydrogen-bond donors (Lipinski definition) is 1. The highest BCUT2D eigenvalue weighted by Crippen LogP contribution is 2.31. The van der Waals surface area contributed by atoms with Gasteiger partial charge >= 0.3 is 5.97 Å². The van der Waals surface area contributed by atoms with Gasteiger partial charge in [-0.2, -0.15) is 0 Å². The van der Waals surface area contributed by atoms with Crippen molar-refractivity contribution in [1.29, 1.82) is 0 Å². The summed E-state index contributed by atoms with van der Waals surface area (Å²) in [6, 6.07) is 9.27. The highest BCUT2D eigenvalue weighted by molar-refractivity contribution is 7.92. The van der Waals surface area contributed by atoms with Crippen LogP contribution in [-0.2, 0) is 21.2 Å². The Bertz CT molecular complexity index is 1220. The van der Waals surface area contributed by atoms with Crippen molar-refractivity contribution in [3.63, 3.8) is 0 Å². The Morgan fingerprint density at radius 3 is 2.63 bits per heavy atom. The number of sulfonamides is 1. The lowest BCUT2D eigenvalue weighted by Crippen LogP contribution is -2.13. The topological polar surface area (TPSA) is 129 Å². The quantitative estimate of drug-likeness (QED) is 0.320. The fraction of sp³-hybridized carbons (Fsp3) is 0.250. The van der Waals surface area contributed by atoms with Crippen LogP contribution in [-0.4, -0.2) is 25.9 Å². The van der Waals surface area contributed by atoms with Gasteiger partial charge < -0.3 is 9.15 Å². The molecule has 30 heavy (non-hydrogen) atoms. The number of rotatable bonds is 8. The summed E-state index contributed by atoms with van der Waals surface area (Å²) in [5.41, 5.74) is 0.547. The number of anilines is 1. The van der Waals surface area contributed by atoms with Crippen LogP contribution in [0.4, 0.5) is 11.4 Å². The number of non-ortho nitro benzene ring substituents is 1. The van der Waals surface area contributed by atoms with Crippen molar-refractivity contribution in [3.8, 4) is 0 Å². The van der Waals surface area contributed by atoms with Crippen molar-refractivity contribution in [3.05, 3.63) is 63.9 Å². The van der Waals surface area contributed by atoms with Gasteiger partial charge in [0.15, 0.2) is 0 Å². The SMILES string of the molecule is CCCc1oc2ccc(NS(=O)(=O)c3cccc([N+](=O)[O-])c3)cc2c1C(=O)OCC. The molecule has 0 aliphatic rings. The van der Waals surface area contributed by atoms with Gasteiger partial charge in [-0.1, -0.05) is 13.0 Å². The summed E-state index contributed by atoms with van der Waals surface area (Å²) < 4.78 is 38.7. The van der Waals surface area contributed by atoms with Gasteiger partial charge in [-0.25, -0.2) is 13.2 Å². The molecule has 0 amide bonds. The van der Waals surface area contributed by atoms with E-state index in [1.54, 1.807) is 13.0 Å². The molecule has 1 aromatic heterocycles. The van der Waals surface area contributed by atoms with Crippen LogP contribution in [0.5, 0.6) is 0 Å². The van der Waals surface area contributed by atoms with E-state index < -0.39 is 20.9 Å². The Morgan fingerprint density at radius 2 is 1.97 bits per heavy atom. The molecule has 0 bridgehead atoms. The molecule has 0 aliphatic heterocycles. The Kier molecular flexibility index (Phi) is 6.06. The first-order chi connectivity index (χ1) is 14.3. The van der Waals surface area contributed by atoms with E-state index in [1.807, 2.05) is 6.92 Å². The van der Waals surface area contributed by atoms with Crippen molar-refractivity contribution in [2.75, 3.05) is 11.3 Å². The molecule has 0 atom stereocenters. The van der Waals surface area contributed by atoms with E-state index in [0.29, 0.717) is 23.2 Å². The van der Waals surface area contributed by atoms with E-state index in [1.165, 1.54) is 30.3 Å². The van der Waals surface area contributed by atoms with E-state index in [2.05, 4.69) is 4.72 Å². The lowest BCUT2D eigenvalue weighted by atomic mass is 10.1. The van der Waals surface area contributed by atoms with Crippen LogP contribution in [0.15, 0.2) is 51.8 Å². The number of esters is 1. The molecule has 158 valence electrons. The van der Waals surface area contributed by atoms with Gasteiger partial charge in [-0.05, 0) is 37.6 Å². The monoisotopic (exact) mass is 432 g/mol. The highest BCUT2D eigenvalue weighted by Gasteiger charge is 2.23. The molecule has 1 N–H and O–H groups in total. The molecule has 0 aliphatic carbocycles. The van der Waals surface area contributed by atoms with Gasteiger partial charge in [0.25, 0.3) is 15.7 Å². The summed E-state index contributed by atoms with van der Waals surface area (Å²) in [6.45, 7) is 3.83. The third-order valence-electron chi connectivity index (χ3n) is 4.31. The molecule has 1 heterocycles. The highest BCUT2D eigenvalue weighted by atomic mass is 32.2. The van der Waals surface area contributed by atoms with Crippen LogP contribution in [0.2, 0.25) is 0 Å². The number of carbonyl (C=O) groups is 1. The second-order valence-electron chi connectivity index (χ2n) is 6.44. The first-order valence-electron chi connectivity index (χ1n) is 9.26. The van der Waals surface area contributed by atoms with Crippen LogP contribution in [0, 0.1) is 10.1 Å². The van der Waals surface area contributed by atoms with Crippen LogP contribution in [0.1, 0.15) is 36.4 Å². The fourth-order valence-corrected chi connectivity index (χ4v) is 4.11. The van der Waals surface area contributed by atoms with E-state index in [0.717, 1.165) is 12.5 Å². The Morgan fingerprint density at radius 1 is 1.20 bits per heavy atom. The Balaban J connectivity index is 2.02. The third kappa shape index (κ3) is 4.28. The standard InChI is InChI=1S/C20H20N2O7S/c1-3-6-18-19(20(23)28-4-2)16-11-13(9-10-17(16)29-18)21-30(26,27)15-8-5-7-14(12-15)22(24)25/h5,7-12,21H,3-4,6H2,1-2H3. The van der Waals surface area contributed by atoms with E-state index in [4.69, 9.17) is 9.15 Å². The van der Waals surface area contributed by atoms with Crippen LogP contribution < -0.4 is 4.72 Å². The Labute approximate surface area is 172 Å². The lowest BCUT2D eigenvalue weighted by Gasteiger charge is -2.08. The molecule has 9 nitrogen and oxygen atoms in total.